The third-order valence-electron chi connectivity index (χ3n) is 3.17. The summed E-state index contributed by atoms with van der Waals surface area (Å²) >= 11 is 0. The Balaban J connectivity index is 2.31. The van der Waals surface area contributed by atoms with E-state index in [0.29, 0.717) is 11.5 Å². The number of hydrogen-bond acceptors (Lipinski definition) is 2. The number of benzene rings is 1. The number of halogens is 1. The summed E-state index contributed by atoms with van der Waals surface area (Å²) in [6.07, 6.45) is 1.95. The SMILES string of the molecule is Cc1c(O)ccc(C2CCNCC2)c1F. The van der Waals surface area contributed by atoms with Crippen LogP contribution in [-0.2, 0) is 0 Å². The Bertz CT molecular complexity index is 359. The van der Waals surface area contributed by atoms with Crippen molar-refractivity contribution >= 4 is 0 Å². The van der Waals surface area contributed by atoms with Crippen LogP contribution >= 0.6 is 0 Å². The van der Waals surface area contributed by atoms with Crippen molar-refractivity contribution in [3.8, 4) is 5.75 Å². The highest BCUT2D eigenvalue weighted by Gasteiger charge is 2.20. The van der Waals surface area contributed by atoms with E-state index in [1.165, 1.54) is 0 Å². The van der Waals surface area contributed by atoms with Crippen LogP contribution in [0.3, 0.4) is 0 Å². The molecule has 1 aliphatic rings. The van der Waals surface area contributed by atoms with Crippen molar-refractivity contribution in [3.63, 3.8) is 0 Å². The van der Waals surface area contributed by atoms with Gasteiger partial charge in [0.1, 0.15) is 11.6 Å². The molecule has 0 spiro atoms. The zero-order chi connectivity index (χ0) is 10.8. The molecule has 1 saturated heterocycles. The standard InChI is InChI=1S/C12H16FNO/c1-8-11(15)3-2-10(12(8)13)9-4-6-14-7-5-9/h2-3,9,14-15H,4-7H2,1H3. The van der Waals surface area contributed by atoms with Crippen LogP contribution in [0.5, 0.6) is 5.75 Å². The Hall–Kier alpha value is -1.09. The maximum absolute atomic E-state index is 13.9. The van der Waals surface area contributed by atoms with Gasteiger partial charge in [-0.05, 0) is 50.4 Å². The summed E-state index contributed by atoms with van der Waals surface area (Å²) in [6, 6.07) is 3.31. The van der Waals surface area contributed by atoms with E-state index in [0.717, 1.165) is 31.5 Å². The second kappa shape index (κ2) is 4.19. The summed E-state index contributed by atoms with van der Waals surface area (Å²) < 4.78 is 13.9. The molecule has 0 aromatic heterocycles. The molecule has 0 radical (unpaired) electrons. The molecular weight excluding hydrogens is 193 g/mol. The molecule has 2 nitrogen and oxygen atoms in total. The van der Waals surface area contributed by atoms with Crippen LogP contribution in [-0.4, -0.2) is 18.2 Å². The van der Waals surface area contributed by atoms with E-state index >= 15 is 0 Å². The van der Waals surface area contributed by atoms with Gasteiger partial charge in [-0.2, -0.15) is 0 Å². The van der Waals surface area contributed by atoms with Crippen molar-refractivity contribution in [1.29, 1.82) is 0 Å². The molecule has 15 heavy (non-hydrogen) atoms. The summed E-state index contributed by atoms with van der Waals surface area (Å²) in [5.74, 6) is 0.109. The molecule has 1 aromatic carbocycles. The molecule has 0 atom stereocenters. The van der Waals surface area contributed by atoms with Crippen molar-refractivity contribution in [1.82, 2.24) is 5.32 Å². The summed E-state index contributed by atoms with van der Waals surface area (Å²) in [5.41, 5.74) is 1.12. The largest absolute Gasteiger partial charge is 0.508 e. The van der Waals surface area contributed by atoms with Gasteiger partial charge in [-0.3, -0.25) is 0 Å². The van der Waals surface area contributed by atoms with Crippen molar-refractivity contribution in [2.24, 2.45) is 0 Å². The lowest BCUT2D eigenvalue weighted by molar-refractivity contribution is 0.434. The molecule has 0 bridgehead atoms. The number of hydrogen-bond donors (Lipinski definition) is 2. The predicted octanol–water partition coefficient (Wildman–Crippen LogP) is 2.31. The van der Waals surface area contributed by atoms with E-state index in [2.05, 4.69) is 5.32 Å². The lowest BCUT2D eigenvalue weighted by Crippen LogP contribution is -2.27. The lowest BCUT2D eigenvalue weighted by Gasteiger charge is -2.24. The molecule has 1 fully saturated rings. The third kappa shape index (κ3) is 1.97. The van der Waals surface area contributed by atoms with Gasteiger partial charge < -0.3 is 10.4 Å². The first-order chi connectivity index (χ1) is 7.20. The van der Waals surface area contributed by atoms with Gasteiger partial charge in [0.25, 0.3) is 0 Å². The van der Waals surface area contributed by atoms with Crippen LogP contribution in [0.15, 0.2) is 12.1 Å². The van der Waals surface area contributed by atoms with Crippen LogP contribution < -0.4 is 5.32 Å². The minimum Gasteiger partial charge on any atom is -0.508 e. The van der Waals surface area contributed by atoms with Crippen molar-refractivity contribution in [2.75, 3.05) is 13.1 Å². The second-order valence-electron chi connectivity index (χ2n) is 4.14. The molecule has 2 rings (SSSR count). The first-order valence-electron chi connectivity index (χ1n) is 5.39. The molecule has 0 saturated carbocycles. The highest BCUT2D eigenvalue weighted by atomic mass is 19.1. The van der Waals surface area contributed by atoms with Gasteiger partial charge in [0.05, 0.1) is 0 Å². The van der Waals surface area contributed by atoms with Crippen LogP contribution in [0.25, 0.3) is 0 Å². The Morgan fingerprint density at radius 2 is 2.00 bits per heavy atom. The fourth-order valence-electron chi connectivity index (χ4n) is 2.14. The molecule has 0 aliphatic carbocycles. The number of rotatable bonds is 1. The smallest absolute Gasteiger partial charge is 0.133 e. The number of phenolic OH excluding ortho intramolecular Hbond substituents is 1. The Kier molecular flexibility index (Phi) is 2.91. The molecule has 0 unspecified atom stereocenters. The zero-order valence-electron chi connectivity index (χ0n) is 8.89. The fourth-order valence-corrected chi connectivity index (χ4v) is 2.14. The Morgan fingerprint density at radius 3 is 2.67 bits per heavy atom. The van der Waals surface area contributed by atoms with Crippen molar-refractivity contribution in [2.45, 2.75) is 25.7 Å². The number of piperidine rings is 1. The van der Waals surface area contributed by atoms with Gasteiger partial charge >= 0.3 is 0 Å². The quantitative estimate of drug-likeness (QED) is 0.744. The summed E-state index contributed by atoms with van der Waals surface area (Å²) in [4.78, 5) is 0. The van der Waals surface area contributed by atoms with Crippen LogP contribution in [0.4, 0.5) is 4.39 Å². The monoisotopic (exact) mass is 209 g/mol. The van der Waals surface area contributed by atoms with Gasteiger partial charge in [0.15, 0.2) is 0 Å². The van der Waals surface area contributed by atoms with E-state index in [4.69, 9.17) is 0 Å². The highest BCUT2D eigenvalue weighted by molar-refractivity contribution is 5.38. The minimum absolute atomic E-state index is 0.0465. The first-order valence-corrected chi connectivity index (χ1v) is 5.39. The molecule has 82 valence electrons. The topological polar surface area (TPSA) is 32.3 Å². The van der Waals surface area contributed by atoms with Gasteiger partial charge in [-0.25, -0.2) is 4.39 Å². The Labute approximate surface area is 89.1 Å². The number of aromatic hydroxyl groups is 1. The van der Waals surface area contributed by atoms with E-state index in [-0.39, 0.29) is 11.6 Å². The van der Waals surface area contributed by atoms with E-state index in [1.54, 1.807) is 19.1 Å². The molecule has 2 N–H and O–H groups in total. The maximum Gasteiger partial charge on any atom is 0.133 e. The Morgan fingerprint density at radius 1 is 1.33 bits per heavy atom. The van der Waals surface area contributed by atoms with Crippen molar-refractivity contribution < 1.29 is 9.50 Å². The minimum atomic E-state index is -0.234. The van der Waals surface area contributed by atoms with E-state index in [9.17, 15) is 9.50 Å². The molecule has 3 heteroatoms. The average Bonchev–Trinajstić information content (AvgIpc) is 2.27. The molecule has 1 aliphatic heterocycles. The lowest BCUT2D eigenvalue weighted by atomic mass is 9.89. The predicted molar refractivity (Wildman–Crippen MR) is 57.6 cm³/mol. The van der Waals surface area contributed by atoms with Gasteiger partial charge in [0.2, 0.25) is 0 Å². The average molecular weight is 209 g/mol. The molecule has 0 amide bonds. The van der Waals surface area contributed by atoms with E-state index < -0.39 is 0 Å². The molecule has 1 heterocycles. The van der Waals surface area contributed by atoms with Gasteiger partial charge in [0, 0.05) is 5.56 Å². The van der Waals surface area contributed by atoms with Gasteiger partial charge in [-0.1, -0.05) is 6.07 Å². The molecular formula is C12H16FNO. The highest BCUT2D eigenvalue weighted by Crippen LogP contribution is 2.31. The fraction of sp³-hybridized carbons (Fsp3) is 0.500. The van der Waals surface area contributed by atoms with Crippen molar-refractivity contribution in [3.05, 3.63) is 29.1 Å². The molecule has 1 aromatic rings. The summed E-state index contributed by atoms with van der Waals surface area (Å²) in [6.45, 7) is 3.52. The van der Waals surface area contributed by atoms with Gasteiger partial charge in [-0.15, -0.1) is 0 Å². The summed E-state index contributed by atoms with van der Waals surface area (Å²) in [7, 11) is 0. The summed E-state index contributed by atoms with van der Waals surface area (Å²) in [5, 5.41) is 12.6. The zero-order valence-corrected chi connectivity index (χ0v) is 8.89. The maximum atomic E-state index is 13.9. The number of phenols is 1. The number of nitrogens with one attached hydrogen (secondary N) is 1. The third-order valence-corrected chi connectivity index (χ3v) is 3.17. The normalized spacial score (nSPS) is 18.0. The second-order valence-corrected chi connectivity index (χ2v) is 4.14. The van der Waals surface area contributed by atoms with E-state index in [1.807, 2.05) is 0 Å². The van der Waals surface area contributed by atoms with Crippen LogP contribution in [0.2, 0.25) is 0 Å². The first kappa shape index (κ1) is 10.4. The van der Waals surface area contributed by atoms with Crippen LogP contribution in [0, 0.1) is 12.7 Å². The van der Waals surface area contributed by atoms with Crippen LogP contribution in [0.1, 0.15) is 29.9 Å².